The third-order valence-corrected chi connectivity index (χ3v) is 3.23. The standard InChI is InChI=1S/C13H15N3O2/c1-7(2)11-15-10-5-8(13(17)18)6-14-12(10)16(11)9-3-4-9/h5-7,9H,3-4H2,1-2H3,(H,17,18). The van der Waals surface area contributed by atoms with Crippen LogP contribution in [0.25, 0.3) is 11.2 Å². The Morgan fingerprint density at radius 1 is 1.50 bits per heavy atom. The molecular formula is C13H15N3O2. The number of carbonyl (C=O) groups is 1. The van der Waals surface area contributed by atoms with Gasteiger partial charge in [0.05, 0.1) is 5.56 Å². The molecule has 0 amide bonds. The van der Waals surface area contributed by atoms with Crippen LogP contribution in [0.5, 0.6) is 0 Å². The molecule has 3 rings (SSSR count). The number of rotatable bonds is 3. The fourth-order valence-corrected chi connectivity index (χ4v) is 2.22. The zero-order chi connectivity index (χ0) is 12.9. The number of hydrogen-bond donors (Lipinski definition) is 1. The van der Waals surface area contributed by atoms with Crippen LogP contribution in [0.2, 0.25) is 0 Å². The van der Waals surface area contributed by atoms with E-state index in [4.69, 9.17) is 5.11 Å². The van der Waals surface area contributed by atoms with Crippen molar-refractivity contribution in [3.8, 4) is 0 Å². The van der Waals surface area contributed by atoms with Gasteiger partial charge in [-0.25, -0.2) is 14.8 Å². The van der Waals surface area contributed by atoms with Crippen molar-refractivity contribution in [2.75, 3.05) is 0 Å². The quantitative estimate of drug-likeness (QED) is 0.902. The zero-order valence-electron chi connectivity index (χ0n) is 10.4. The van der Waals surface area contributed by atoms with E-state index < -0.39 is 5.97 Å². The molecule has 18 heavy (non-hydrogen) atoms. The molecule has 5 heteroatoms. The van der Waals surface area contributed by atoms with Crippen LogP contribution in [0.4, 0.5) is 0 Å². The van der Waals surface area contributed by atoms with Crippen molar-refractivity contribution in [1.82, 2.24) is 14.5 Å². The summed E-state index contributed by atoms with van der Waals surface area (Å²) in [6.45, 7) is 4.19. The summed E-state index contributed by atoms with van der Waals surface area (Å²) in [6, 6.07) is 2.10. The lowest BCUT2D eigenvalue weighted by molar-refractivity contribution is 0.0696. The van der Waals surface area contributed by atoms with Crippen molar-refractivity contribution in [3.63, 3.8) is 0 Å². The summed E-state index contributed by atoms with van der Waals surface area (Å²) >= 11 is 0. The van der Waals surface area contributed by atoms with Crippen molar-refractivity contribution in [3.05, 3.63) is 23.7 Å². The normalized spacial score (nSPS) is 15.5. The Bertz CT molecular complexity index is 626. The number of nitrogens with zero attached hydrogens (tertiary/aromatic N) is 3. The van der Waals surface area contributed by atoms with E-state index >= 15 is 0 Å². The average Bonchev–Trinajstić information content (AvgIpc) is 3.08. The predicted molar refractivity (Wildman–Crippen MR) is 66.8 cm³/mol. The monoisotopic (exact) mass is 245 g/mol. The second kappa shape index (κ2) is 3.80. The zero-order valence-corrected chi connectivity index (χ0v) is 10.4. The van der Waals surface area contributed by atoms with Crippen LogP contribution in [0.1, 0.15) is 54.8 Å². The third-order valence-electron chi connectivity index (χ3n) is 3.23. The number of carboxylic acid groups (broad SMARTS) is 1. The lowest BCUT2D eigenvalue weighted by Crippen LogP contribution is -2.04. The molecule has 1 aliphatic carbocycles. The SMILES string of the molecule is CC(C)c1nc2cc(C(=O)O)cnc2n1C1CC1. The summed E-state index contributed by atoms with van der Waals surface area (Å²) in [4.78, 5) is 19.8. The van der Waals surface area contributed by atoms with E-state index in [-0.39, 0.29) is 5.56 Å². The first-order valence-electron chi connectivity index (χ1n) is 6.19. The number of hydrogen-bond acceptors (Lipinski definition) is 3. The first-order chi connectivity index (χ1) is 8.58. The minimum Gasteiger partial charge on any atom is -0.478 e. The molecule has 1 N–H and O–H groups in total. The Labute approximate surface area is 104 Å². The van der Waals surface area contributed by atoms with Gasteiger partial charge in [-0.05, 0) is 18.9 Å². The molecule has 94 valence electrons. The van der Waals surface area contributed by atoms with Crippen LogP contribution in [-0.4, -0.2) is 25.6 Å². The Hall–Kier alpha value is -1.91. The molecule has 0 aromatic carbocycles. The number of fused-ring (bicyclic) bond motifs is 1. The van der Waals surface area contributed by atoms with E-state index in [1.54, 1.807) is 6.07 Å². The number of aromatic nitrogens is 3. The Balaban J connectivity index is 2.23. The lowest BCUT2D eigenvalue weighted by Gasteiger charge is -2.08. The van der Waals surface area contributed by atoms with E-state index in [0.29, 0.717) is 17.5 Å². The molecular weight excluding hydrogens is 230 g/mol. The molecule has 1 saturated carbocycles. The van der Waals surface area contributed by atoms with Crippen molar-refractivity contribution in [2.24, 2.45) is 0 Å². The third kappa shape index (κ3) is 1.66. The van der Waals surface area contributed by atoms with Gasteiger partial charge < -0.3 is 9.67 Å². The number of aromatic carboxylic acids is 1. The van der Waals surface area contributed by atoms with Crippen molar-refractivity contribution in [2.45, 2.75) is 38.6 Å². The number of pyridine rings is 1. The van der Waals surface area contributed by atoms with Gasteiger partial charge in [-0.3, -0.25) is 0 Å². The number of imidazole rings is 1. The Morgan fingerprint density at radius 2 is 2.22 bits per heavy atom. The highest BCUT2D eigenvalue weighted by molar-refractivity contribution is 5.90. The highest BCUT2D eigenvalue weighted by atomic mass is 16.4. The molecule has 0 radical (unpaired) electrons. The van der Waals surface area contributed by atoms with Gasteiger partial charge in [0, 0.05) is 18.2 Å². The van der Waals surface area contributed by atoms with E-state index in [1.807, 2.05) is 0 Å². The van der Waals surface area contributed by atoms with Gasteiger partial charge in [-0.15, -0.1) is 0 Å². The largest absolute Gasteiger partial charge is 0.478 e. The van der Waals surface area contributed by atoms with Gasteiger partial charge in [0.2, 0.25) is 0 Å². The van der Waals surface area contributed by atoms with Crippen LogP contribution in [0.3, 0.4) is 0 Å². The summed E-state index contributed by atoms with van der Waals surface area (Å²) in [5.41, 5.74) is 1.69. The molecule has 0 spiro atoms. The molecule has 0 unspecified atom stereocenters. The fraction of sp³-hybridized carbons (Fsp3) is 0.462. The second-order valence-electron chi connectivity index (χ2n) is 5.10. The molecule has 0 aliphatic heterocycles. The molecule has 2 aromatic heterocycles. The second-order valence-corrected chi connectivity index (χ2v) is 5.10. The topological polar surface area (TPSA) is 68.0 Å². The minimum absolute atomic E-state index is 0.193. The van der Waals surface area contributed by atoms with E-state index in [2.05, 4.69) is 28.4 Å². The molecule has 2 heterocycles. The Kier molecular flexibility index (Phi) is 2.36. The summed E-state index contributed by atoms with van der Waals surface area (Å²) in [5.74, 6) is 0.354. The van der Waals surface area contributed by atoms with E-state index in [1.165, 1.54) is 6.20 Å². The van der Waals surface area contributed by atoms with Gasteiger partial charge in [0.25, 0.3) is 0 Å². The molecule has 1 fully saturated rings. The molecule has 5 nitrogen and oxygen atoms in total. The van der Waals surface area contributed by atoms with Crippen LogP contribution < -0.4 is 0 Å². The van der Waals surface area contributed by atoms with Crippen LogP contribution in [0.15, 0.2) is 12.3 Å². The molecule has 0 atom stereocenters. The fourth-order valence-electron chi connectivity index (χ4n) is 2.22. The Morgan fingerprint density at radius 3 is 2.78 bits per heavy atom. The van der Waals surface area contributed by atoms with Crippen molar-refractivity contribution < 1.29 is 9.90 Å². The van der Waals surface area contributed by atoms with Gasteiger partial charge in [-0.1, -0.05) is 13.8 Å². The first-order valence-corrected chi connectivity index (χ1v) is 6.19. The highest BCUT2D eigenvalue weighted by Gasteiger charge is 2.29. The van der Waals surface area contributed by atoms with Crippen LogP contribution in [-0.2, 0) is 0 Å². The van der Waals surface area contributed by atoms with Crippen molar-refractivity contribution >= 4 is 17.1 Å². The average molecular weight is 245 g/mol. The molecule has 0 bridgehead atoms. The van der Waals surface area contributed by atoms with Crippen LogP contribution >= 0.6 is 0 Å². The summed E-state index contributed by atoms with van der Waals surface area (Å²) in [5, 5.41) is 8.98. The van der Waals surface area contributed by atoms with Gasteiger partial charge in [-0.2, -0.15) is 0 Å². The first kappa shape index (κ1) is 11.2. The van der Waals surface area contributed by atoms with E-state index in [0.717, 1.165) is 24.3 Å². The maximum Gasteiger partial charge on any atom is 0.337 e. The predicted octanol–water partition coefficient (Wildman–Crippen LogP) is 2.59. The van der Waals surface area contributed by atoms with Gasteiger partial charge in [0.15, 0.2) is 5.65 Å². The van der Waals surface area contributed by atoms with Crippen LogP contribution in [0, 0.1) is 0 Å². The molecule has 2 aromatic rings. The minimum atomic E-state index is -0.962. The highest BCUT2D eigenvalue weighted by Crippen LogP contribution is 2.39. The summed E-state index contributed by atoms with van der Waals surface area (Å²) < 4.78 is 2.17. The summed E-state index contributed by atoms with van der Waals surface area (Å²) in [6.07, 6.45) is 3.73. The van der Waals surface area contributed by atoms with E-state index in [9.17, 15) is 4.79 Å². The molecule has 1 aliphatic rings. The van der Waals surface area contributed by atoms with Gasteiger partial charge >= 0.3 is 5.97 Å². The van der Waals surface area contributed by atoms with Crippen molar-refractivity contribution in [1.29, 1.82) is 0 Å². The lowest BCUT2D eigenvalue weighted by atomic mass is 10.2. The molecule has 0 saturated heterocycles. The summed E-state index contributed by atoms with van der Waals surface area (Å²) in [7, 11) is 0. The van der Waals surface area contributed by atoms with Gasteiger partial charge in [0.1, 0.15) is 11.3 Å². The smallest absolute Gasteiger partial charge is 0.337 e. The maximum absolute atomic E-state index is 10.9. The number of carboxylic acids is 1. The maximum atomic E-state index is 10.9.